The van der Waals surface area contributed by atoms with Gasteiger partial charge in [0.05, 0.1) is 16.4 Å². The molecule has 1 heterocycles. The van der Waals surface area contributed by atoms with E-state index in [0.29, 0.717) is 0 Å². The van der Waals surface area contributed by atoms with Crippen LogP contribution in [0.15, 0.2) is 78.5 Å². The van der Waals surface area contributed by atoms with Gasteiger partial charge >= 0.3 is 0 Å². The van der Waals surface area contributed by atoms with Crippen molar-refractivity contribution in [2.24, 2.45) is 4.99 Å². The summed E-state index contributed by atoms with van der Waals surface area (Å²) in [7, 11) is 0. The summed E-state index contributed by atoms with van der Waals surface area (Å²) in [5.41, 5.74) is 2.39. The maximum atomic E-state index is 5.94. The number of benzene rings is 2. The third-order valence-corrected chi connectivity index (χ3v) is 7.11. The predicted molar refractivity (Wildman–Crippen MR) is 122 cm³/mol. The molecule has 1 fully saturated rings. The molecule has 4 rings (SSSR count). The molecule has 5 heteroatoms. The molecule has 0 bridgehead atoms. The number of hydrogen-bond acceptors (Lipinski definition) is 3. The fourth-order valence-electron chi connectivity index (χ4n) is 3.52. The van der Waals surface area contributed by atoms with E-state index < -0.39 is 0 Å². The summed E-state index contributed by atoms with van der Waals surface area (Å²) in [6, 6.07) is 18.3. The van der Waals surface area contributed by atoms with E-state index in [4.69, 9.17) is 16.0 Å². The number of hydrogen-bond donors (Lipinski definition) is 0. The average Bonchev–Trinajstić information content (AvgIpc) is 3.08. The van der Waals surface area contributed by atoms with Crippen molar-refractivity contribution in [1.29, 1.82) is 0 Å². The van der Waals surface area contributed by atoms with Crippen LogP contribution in [0.3, 0.4) is 0 Å². The largest absolute Gasteiger partial charge is 0.447 e. The SMILES string of the molecule is Clc1ccc(Sc2oc(C=Nc3ccc(C4CCCCC4)cc3)cc2Br)cc1. The van der Waals surface area contributed by atoms with Crippen LogP contribution < -0.4 is 0 Å². The van der Waals surface area contributed by atoms with E-state index >= 15 is 0 Å². The lowest BCUT2D eigenvalue weighted by molar-refractivity contribution is 0.443. The summed E-state index contributed by atoms with van der Waals surface area (Å²) < 4.78 is 6.84. The molecule has 0 unspecified atom stereocenters. The molecule has 0 amide bonds. The molecule has 0 spiro atoms. The molecule has 2 aromatic carbocycles. The fourth-order valence-corrected chi connectivity index (χ4v) is 4.97. The third kappa shape index (κ3) is 5.11. The van der Waals surface area contributed by atoms with Crippen molar-refractivity contribution in [2.75, 3.05) is 0 Å². The Bertz CT molecular complexity index is 944. The van der Waals surface area contributed by atoms with Gasteiger partial charge in [-0.15, -0.1) is 0 Å². The molecule has 1 aliphatic carbocycles. The highest BCUT2D eigenvalue weighted by Gasteiger charge is 2.15. The zero-order chi connectivity index (χ0) is 19.3. The monoisotopic (exact) mass is 473 g/mol. The Balaban J connectivity index is 1.42. The number of aliphatic imine (C=N–C) groups is 1. The Morgan fingerprint density at radius 3 is 2.43 bits per heavy atom. The van der Waals surface area contributed by atoms with Gasteiger partial charge in [-0.2, -0.15) is 0 Å². The molecule has 0 N–H and O–H groups in total. The first-order valence-electron chi connectivity index (χ1n) is 9.54. The maximum Gasteiger partial charge on any atom is 0.179 e. The van der Waals surface area contributed by atoms with Gasteiger partial charge in [0.2, 0.25) is 0 Å². The minimum atomic E-state index is 0.722. The fraction of sp³-hybridized carbons (Fsp3) is 0.261. The average molecular weight is 475 g/mol. The van der Waals surface area contributed by atoms with E-state index in [0.717, 1.165) is 36.8 Å². The van der Waals surface area contributed by atoms with Gasteiger partial charge in [-0.1, -0.05) is 54.8 Å². The third-order valence-electron chi connectivity index (χ3n) is 5.01. The minimum Gasteiger partial charge on any atom is -0.447 e. The molecule has 0 saturated heterocycles. The van der Waals surface area contributed by atoms with E-state index in [1.807, 2.05) is 30.3 Å². The molecular weight excluding hydrogens is 454 g/mol. The Kier molecular flexibility index (Phi) is 6.61. The number of furan rings is 1. The minimum absolute atomic E-state index is 0.722. The topological polar surface area (TPSA) is 25.5 Å². The van der Waals surface area contributed by atoms with Gasteiger partial charge in [0.25, 0.3) is 0 Å². The molecule has 1 aromatic heterocycles. The van der Waals surface area contributed by atoms with E-state index in [-0.39, 0.29) is 0 Å². The maximum absolute atomic E-state index is 5.94. The molecule has 1 aliphatic rings. The van der Waals surface area contributed by atoms with Crippen molar-refractivity contribution in [3.63, 3.8) is 0 Å². The standard InChI is InChI=1S/C23H21BrClNOS/c24-22-14-20(27-23(22)28-21-12-8-18(25)9-13-21)15-26-19-10-6-17(7-11-19)16-4-2-1-3-5-16/h6-16H,1-5H2. The van der Waals surface area contributed by atoms with Crippen molar-refractivity contribution in [3.05, 3.63) is 75.4 Å². The summed E-state index contributed by atoms with van der Waals surface area (Å²) in [5, 5.41) is 1.53. The van der Waals surface area contributed by atoms with E-state index in [9.17, 15) is 0 Å². The Hall–Kier alpha value is -1.49. The summed E-state index contributed by atoms with van der Waals surface area (Å²) in [5.74, 6) is 1.44. The zero-order valence-corrected chi connectivity index (χ0v) is 18.6. The van der Waals surface area contributed by atoms with Crippen LogP contribution in [0, 0.1) is 0 Å². The second-order valence-corrected chi connectivity index (χ2v) is 9.36. The summed E-state index contributed by atoms with van der Waals surface area (Å²) >= 11 is 11.1. The highest BCUT2D eigenvalue weighted by molar-refractivity contribution is 9.10. The van der Waals surface area contributed by atoms with E-state index in [1.54, 1.807) is 18.0 Å². The van der Waals surface area contributed by atoms with Crippen LogP contribution in [0.4, 0.5) is 5.69 Å². The van der Waals surface area contributed by atoms with Crippen LogP contribution in [0.1, 0.15) is 49.3 Å². The Morgan fingerprint density at radius 2 is 1.71 bits per heavy atom. The normalized spacial score (nSPS) is 15.4. The van der Waals surface area contributed by atoms with Gasteiger partial charge in [-0.25, -0.2) is 0 Å². The summed E-state index contributed by atoms with van der Waals surface area (Å²) in [6.45, 7) is 0. The molecule has 0 atom stereocenters. The Morgan fingerprint density at radius 1 is 1.00 bits per heavy atom. The zero-order valence-electron chi connectivity index (χ0n) is 15.4. The lowest BCUT2D eigenvalue weighted by Crippen LogP contribution is -2.03. The van der Waals surface area contributed by atoms with E-state index in [1.165, 1.54) is 37.7 Å². The highest BCUT2D eigenvalue weighted by atomic mass is 79.9. The van der Waals surface area contributed by atoms with Crippen molar-refractivity contribution in [1.82, 2.24) is 0 Å². The van der Waals surface area contributed by atoms with Gasteiger partial charge in [0, 0.05) is 16.0 Å². The van der Waals surface area contributed by atoms with Crippen LogP contribution in [0.25, 0.3) is 0 Å². The predicted octanol–water partition coefficient (Wildman–Crippen LogP) is 8.65. The van der Waals surface area contributed by atoms with E-state index in [2.05, 4.69) is 45.2 Å². The molecule has 2 nitrogen and oxygen atoms in total. The van der Waals surface area contributed by atoms with Gasteiger partial charge in [-0.3, -0.25) is 4.99 Å². The smallest absolute Gasteiger partial charge is 0.179 e. The van der Waals surface area contributed by atoms with Gasteiger partial charge in [0.1, 0.15) is 5.76 Å². The molecule has 0 radical (unpaired) electrons. The summed E-state index contributed by atoms with van der Waals surface area (Å²) in [4.78, 5) is 5.64. The van der Waals surface area contributed by atoms with Crippen molar-refractivity contribution in [2.45, 2.75) is 48.0 Å². The van der Waals surface area contributed by atoms with Crippen molar-refractivity contribution >= 4 is 51.2 Å². The first-order valence-corrected chi connectivity index (χ1v) is 11.5. The lowest BCUT2D eigenvalue weighted by Gasteiger charge is -2.21. The lowest BCUT2D eigenvalue weighted by atomic mass is 9.84. The molecule has 3 aromatic rings. The van der Waals surface area contributed by atoms with Crippen LogP contribution in [0.2, 0.25) is 5.02 Å². The first kappa shape index (κ1) is 19.8. The van der Waals surface area contributed by atoms with Crippen molar-refractivity contribution in [3.8, 4) is 0 Å². The first-order chi connectivity index (χ1) is 13.7. The molecule has 0 aliphatic heterocycles. The number of halogens is 2. The van der Waals surface area contributed by atoms with Gasteiger partial charge in [0.15, 0.2) is 5.09 Å². The Labute approximate surface area is 183 Å². The molecule has 1 saturated carbocycles. The summed E-state index contributed by atoms with van der Waals surface area (Å²) in [6.07, 6.45) is 8.50. The van der Waals surface area contributed by atoms with Crippen LogP contribution in [0.5, 0.6) is 0 Å². The second-order valence-electron chi connectivity index (χ2n) is 7.02. The second kappa shape index (κ2) is 9.34. The molecular formula is C23H21BrClNOS. The quantitative estimate of drug-likeness (QED) is 0.346. The van der Waals surface area contributed by atoms with Crippen LogP contribution in [-0.2, 0) is 0 Å². The number of rotatable bonds is 5. The molecule has 28 heavy (non-hydrogen) atoms. The highest BCUT2D eigenvalue weighted by Crippen LogP contribution is 2.36. The van der Waals surface area contributed by atoms with Crippen LogP contribution in [-0.4, -0.2) is 6.21 Å². The molecule has 144 valence electrons. The van der Waals surface area contributed by atoms with Gasteiger partial charge < -0.3 is 4.42 Å². The van der Waals surface area contributed by atoms with Crippen LogP contribution >= 0.6 is 39.3 Å². The van der Waals surface area contributed by atoms with Crippen molar-refractivity contribution < 1.29 is 4.42 Å². The number of nitrogens with zero attached hydrogens (tertiary/aromatic N) is 1. The van der Waals surface area contributed by atoms with Gasteiger partial charge in [-0.05, 0) is 76.7 Å².